The Hall–Kier alpha value is -2.59. The number of fused-ring (bicyclic) bond motifs is 1. The van der Waals surface area contributed by atoms with Gasteiger partial charge in [-0.2, -0.15) is 0 Å². The van der Waals surface area contributed by atoms with Gasteiger partial charge in [-0.3, -0.25) is 14.4 Å². The quantitative estimate of drug-likeness (QED) is 0.147. The molecule has 0 saturated carbocycles. The van der Waals surface area contributed by atoms with Crippen LogP contribution < -0.4 is 4.90 Å². The number of rotatable bonds is 14. The van der Waals surface area contributed by atoms with Crippen molar-refractivity contribution < 1.29 is 19.5 Å². The molecule has 0 aromatic heterocycles. The molecule has 2 bridgehead atoms. The van der Waals surface area contributed by atoms with Crippen LogP contribution in [0.25, 0.3) is 0 Å². The number of alkyl halides is 1. The van der Waals surface area contributed by atoms with Gasteiger partial charge in [0.15, 0.2) is 0 Å². The number of thioether (sulfide) groups is 1. The van der Waals surface area contributed by atoms with Gasteiger partial charge in [-0.25, -0.2) is 0 Å². The van der Waals surface area contributed by atoms with E-state index in [4.69, 9.17) is 11.6 Å². The summed E-state index contributed by atoms with van der Waals surface area (Å²) in [5, 5.41) is 9.68. The van der Waals surface area contributed by atoms with Crippen LogP contribution in [-0.4, -0.2) is 79.7 Å². The van der Waals surface area contributed by atoms with Crippen LogP contribution in [-0.2, 0) is 20.9 Å². The fourth-order valence-corrected chi connectivity index (χ4v) is 11.4. The van der Waals surface area contributed by atoms with E-state index in [0.717, 1.165) is 17.5 Å². The Morgan fingerprint density at radius 2 is 1.82 bits per heavy atom. The average Bonchev–Trinajstić information content (AvgIpc) is 3.61. The number of aliphatic hydroxyl groups excluding tert-OH is 1. The molecule has 3 saturated heterocycles. The molecule has 3 amide bonds. The van der Waals surface area contributed by atoms with Crippen LogP contribution in [0.3, 0.4) is 0 Å². The van der Waals surface area contributed by atoms with Gasteiger partial charge in [0.25, 0.3) is 5.91 Å². The van der Waals surface area contributed by atoms with Crippen LogP contribution in [0.2, 0.25) is 5.02 Å². The monoisotopic (exact) mass is 713 g/mol. The molecule has 2 aromatic rings. The van der Waals surface area contributed by atoms with Gasteiger partial charge in [-0.1, -0.05) is 82.1 Å². The third kappa shape index (κ3) is 6.25. The van der Waals surface area contributed by atoms with E-state index in [1.807, 2.05) is 49.4 Å². The fraction of sp³-hybridized carbons (Fsp3) is 0.457. The van der Waals surface area contributed by atoms with Crippen molar-refractivity contribution in [3.05, 3.63) is 90.0 Å². The minimum atomic E-state index is -0.786. The second-order valence-electron chi connectivity index (χ2n) is 12.1. The molecule has 240 valence electrons. The van der Waals surface area contributed by atoms with E-state index >= 15 is 0 Å². The summed E-state index contributed by atoms with van der Waals surface area (Å²) in [5.41, 5.74) is 2.46. The molecule has 3 aliphatic heterocycles. The number of para-hydroxylation sites is 1. The summed E-state index contributed by atoms with van der Waals surface area (Å²) in [4.78, 5) is 49.2. The van der Waals surface area contributed by atoms with Gasteiger partial charge in [0.1, 0.15) is 6.04 Å². The van der Waals surface area contributed by atoms with E-state index in [-0.39, 0.29) is 41.0 Å². The SMILES string of the molecule is C=CCN(Cc1ccccc1)C(=O)[C@H]1[C@@H]2SC3(CC2Br)C(C(=O)N(CC=C)c2c(C)cccc2Cl)N(CCCCCO)C(=O)[C@H]13. The predicted octanol–water partition coefficient (Wildman–Crippen LogP) is 6.01. The molecule has 3 unspecified atom stereocenters. The van der Waals surface area contributed by atoms with Crippen molar-refractivity contribution in [2.24, 2.45) is 11.8 Å². The molecule has 3 aliphatic rings. The zero-order valence-electron chi connectivity index (χ0n) is 25.6. The first kappa shape index (κ1) is 33.8. The first-order valence-electron chi connectivity index (χ1n) is 15.5. The van der Waals surface area contributed by atoms with Crippen molar-refractivity contribution >= 4 is 62.7 Å². The van der Waals surface area contributed by atoms with Crippen molar-refractivity contribution in [2.45, 2.75) is 60.0 Å². The second-order valence-corrected chi connectivity index (χ2v) is 15.2. The van der Waals surface area contributed by atoms with Crippen LogP contribution in [0.15, 0.2) is 73.8 Å². The van der Waals surface area contributed by atoms with E-state index in [2.05, 4.69) is 29.1 Å². The molecule has 0 radical (unpaired) electrons. The van der Waals surface area contributed by atoms with Crippen molar-refractivity contribution in [1.29, 1.82) is 0 Å². The summed E-state index contributed by atoms with van der Waals surface area (Å²) in [5.74, 6) is -1.66. The van der Waals surface area contributed by atoms with E-state index < -0.39 is 22.6 Å². The number of aryl methyl sites for hydroxylation is 1. The minimum Gasteiger partial charge on any atom is -0.396 e. The molecular weight excluding hydrogens is 674 g/mol. The third-order valence-corrected chi connectivity index (χ3v) is 12.8. The lowest BCUT2D eigenvalue weighted by atomic mass is 9.70. The van der Waals surface area contributed by atoms with Gasteiger partial charge in [0, 0.05) is 42.9 Å². The Bertz CT molecular complexity index is 1420. The lowest BCUT2D eigenvalue weighted by Crippen LogP contribution is -2.56. The second kappa shape index (κ2) is 14.4. The van der Waals surface area contributed by atoms with Crippen LogP contribution in [0.5, 0.6) is 0 Å². The highest BCUT2D eigenvalue weighted by Crippen LogP contribution is 2.68. The number of benzene rings is 2. The molecule has 3 fully saturated rings. The maximum Gasteiger partial charge on any atom is 0.251 e. The number of halogens is 2. The van der Waals surface area contributed by atoms with Crippen molar-refractivity contribution in [2.75, 3.05) is 31.1 Å². The highest BCUT2D eigenvalue weighted by molar-refractivity contribution is 9.09. The van der Waals surface area contributed by atoms with Crippen molar-refractivity contribution in [3.63, 3.8) is 0 Å². The summed E-state index contributed by atoms with van der Waals surface area (Å²) >= 11 is 12.2. The molecule has 10 heteroatoms. The summed E-state index contributed by atoms with van der Waals surface area (Å²) in [6, 6.07) is 14.6. The molecule has 5 rings (SSSR count). The highest BCUT2D eigenvalue weighted by atomic mass is 79.9. The molecule has 1 spiro atoms. The zero-order valence-corrected chi connectivity index (χ0v) is 28.8. The molecule has 6 atom stereocenters. The molecule has 0 aliphatic carbocycles. The summed E-state index contributed by atoms with van der Waals surface area (Å²) < 4.78 is -0.786. The van der Waals surface area contributed by atoms with E-state index in [1.54, 1.807) is 44.7 Å². The minimum absolute atomic E-state index is 0.0395. The Morgan fingerprint density at radius 1 is 1.09 bits per heavy atom. The van der Waals surface area contributed by atoms with Crippen LogP contribution >= 0.6 is 39.3 Å². The lowest BCUT2D eigenvalue weighted by Gasteiger charge is -2.39. The Balaban J connectivity index is 1.56. The maximum absolute atomic E-state index is 14.9. The van der Waals surface area contributed by atoms with Gasteiger partial charge in [-0.15, -0.1) is 24.9 Å². The van der Waals surface area contributed by atoms with Gasteiger partial charge in [0.2, 0.25) is 11.8 Å². The number of carbonyl (C=O) groups excluding carboxylic acids is 3. The Kier molecular flexibility index (Phi) is 10.8. The predicted molar refractivity (Wildman–Crippen MR) is 186 cm³/mol. The lowest BCUT2D eigenvalue weighted by molar-refractivity contribution is -0.144. The number of hydrogen-bond acceptors (Lipinski definition) is 5. The number of unbranched alkanes of at least 4 members (excludes halogenated alkanes) is 2. The van der Waals surface area contributed by atoms with Gasteiger partial charge < -0.3 is 19.8 Å². The standard InChI is InChI=1S/C35H41BrClN3O4S/c1-4-17-38(22-24-14-8-6-9-15-24)32(42)27-28-33(43)40(19-10-7-11-20-41)31(35(28)21-25(36)30(27)45-35)34(44)39(18-5-2)29-23(3)13-12-16-26(29)37/h4-6,8-9,12-16,25,27-28,30-31,41H,1-2,7,10-11,17-22H2,3H3/t25?,27-,28+,30-,31?,35?/m1/s1. The topological polar surface area (TPSA) is 81.2 Å². The number of hydrogen-bond donors (Lipinski definition) is 1. The van der Waals surface area contributed by atoms with Gasteiger partial charge >= 0.3 is 0 Å². The van der Waals surface area contributed by atoms with Gasteiger partial charge in [-0.05, 0) is 49.8 Å². The first-order valence-corrected chi connectivity index (χ1v) is 17.7. The first-order chi connectivity index (χ1) is 21.7. The third-order valence-electron chi connectivity index (χ3n) is 9.28. The molecular formula is C35H41BrClN3O4S. The zero-order chi connectivity index (χ0) is 32.3. The molecule has 45 heavy (non-hydrogen) atoms. The molecule has 1 N–H and O–H groups in total. The van der Waals surface area contributed by atoms with Crippen LogP contribution in [0.1, 0.15) is 36.8 Å². The van der Waals surface area contributed by atoms with Gasteiger partial charge in [0.05, 0.1) is 27.3 Å². The number of aliphatic hydroxyl groups is 1. The number of nitrogens with zero attached hydrogens (tertiary/aromatic N) is 3. The summed E-state index contributed by atoms with van der Waals surface area (Å²) in [7, 11) is 0. The largest absolute Gasteiger partial charge is 0.396 e. The molecule has 2 aromatic carbocycles. The molecule has 7 nitrogen and oxygen atoms in total. The summed E-state index contributed by atoms with van der Waals surface area (Å²) in [6.07, 6.45) is 5.98. The van der Waals surface area contributed by atoms with Crippen molar-refractivity contribution in [1.82, 2.24) is 9.80 Å². The number of carbonyl (C=O) groups is 3. The van der Waals surface area contributed by atoms with Crippen LogP contribution in [0.4, 0.5) is 5.69 Å². The highest BCUT2D eigenvalue weighted by Gasteiger charge is 2.76. The number of anilines is 1. The fourth-order valence-electron chi connectivity index (χ4n) is 7.44. The normalized spacial score (nSPS) is 26.5. The number of likely N-dealkylation sites (tertiary alicyclic amines) is 1. The van der Waals surface area contributed by atoms with Crippen molar-refractivity contribution in [3.8, 4) is 0 Å². The maximum atomic E-state index is 14.9. The van der Waals surface area contributed by atoms with E-state index in [9.17, 15) is 19.5 Å². The molecule has 3 heterocycles. The number of amides is 3. The Morgan fingerprint density at radius 3 is 2.49 bits per heavy atom. The summed E-state index contributed by atoms with van der Waals surface area (Å²) in [6.45, 7) is 11.2. The Labute approximate surface area is 283 Å². The van der Waals surface area contributed by atoms with E-state index in [1.165, 1.54) is 0 Å². The van der Waals surface area contributed by atoms with E-state index in [0.29, 0.717) is 49.6 Å². The van der Waals surface area contributed by atoms with Crippen LogP contribution in [0, 0.1) is 18.8 Å². The average molecular weight is 715 g/mol. The smallest absolute Gasteiger partial charge is 0.251 e.